The molecule has 1 aliphatic rings. The molecule has 1 unspecified atom stereocenters. The van der Waals surface area contributed by atoms with Crippen molar-refractivity contribution in [3.63, 3.8) is 0 Å². The van der Waals surface area contributed by atoms with Crippen LogP contribution in [0.2, 0.25) is 0 Å². The third-order valence-electron chi connectivity index (χ3n) is 5.11. The molecule has 0 aromatic heterocycles. The zero-order valence-corrected chi connectivity index (χ0v) is 18.0. The zero-order valence-electron chi connectivity index (χ0n) is 16.2. The van der Waals surface area contributed by atoms with E-state index < -0.39 is 15.1 Å². The van der Waals surface area contributed by atoms with Crippen LogP contribution in [-0.4, -0.2) is 6.16 Å². The molecule has 0 saturated heterocycles. The minimum absolute atomic E-state index is 0.619. The van der Waals surface area contributed by atoms with E-state index in [4.69, 9.17) is 0 Å². The average Bonchev–Trinajstić information content (AvgIpc) is 2.67. The van der Waals surface area contributed by atoms with Gasteiger partial charge in [0.25, 0.3) is 0 Å². The van der Waals surface area contributed by atoms with E-state index in [1.165, 1.54) is 12.3 Å². The molecule has 0 bridgehead atoms. The molecule has 8 heteroatoms. The Kier molecular flexibility index (Phi) is 5.58. The van der Waals surface area contributed by atoms with Gasteiger partial charge in [0, 0.05) is 5.92 Å². The zero-order chi connectivity index (χ0) is 22.1. The molecule has 0 radical (unpaired) electrons. The van der Waals surface area contributed by atoms with Gasteiger partial charge in [-0.3, -0.25) is 0 Å². The molecule has 1 heterocycles. The Hall–Kier alpha value is -1.90. The Morgan fingerprint density at radius 2 is 1.07 bits per heavy atom. The van der Waals surface area contributed by atoms with Gasteiger partial charge in [0.1, 0.15) is 0 Å². The fourth-order valence-electron chi connectivity index (χ4n) is 4.05. The molecule has 0 saturated carbocycles. The van der Waals surface area contributed by atoms with Gasteiger partial charge in [-0.05, 0) is 35.4 Å². The van der Waals surface area contributed by atoms with Crippen molar-refractivity contribution < 1.29 is 25.2 Å². The Morgan fingerprint density at radius 1 is 0.667 bits per heavy atom. The summed E-state index contributed by atoms with van der Waals surface area (Å²) in [7, 11) is -12.0. The first-order chi connectivity index (χ1) is 13.7. The van der Waals surface area contributed by atoms with E-state index in [-0.39, 0.29) is 0 Å². The summed E-state index contributed by atoms with van der Waals surface area (Å²) in [6.07, 6.45) is 2.47. The molecule has 0 aliphatic carbocycles. The molecule has 162 valence electrons. The van der Waals surface area contributed by atoms with Gasteiger partial charge < -0.3 is 0 Å². The maximum atomic E-state index is 9.87. The summed E-state index contributed by atoms with van der Waals surface area (Å²) < 4.78 is 59.2. The van der Waals surface area contributed by atoms with Gasteiger partial charge in [0.15, 0.2) is 0 Å². The molecule has 0 fully saturated rings. The van der Waals surface area contributed by atoms with Crippen molar-refractivity contribution in [3.05, 3.63) is 96.1 Å². The first-order valence-corrected chi connectivity index (χ1v) is 13.6. The molecule has 0 amide bonds. The molecule has 0 spiro atoms. The van der Waals surface area contributed by atoms with Gasteiger partial charge in [-0.25, -0.2) is 0 Å². The van der Waals surface area contributed by atoms with E-state index in [9.17, 15) is 25.2 Å². The van der Waals surface area contributed by atoms with Crippen LogP contribution in [-0.2, 0) is 6.16 Å². The fourth-order valence-corrected chi connectivity index (χ4v) is 8.75. The summed E-state index contributed by atoms with van der Waals surface area (Å²) in [5, 5.41) is 3.10. The number of fused-ring (bicyclic) bond motifs is 1. The molecule has 3 aromatic rings. The van der Waals surface area contributed by atoms with E-state index in [0.717, 1.165) is 0 Å². The van der Waals surface area contributed by atoms with E-state index in [1.54, 1.807) is 21.7 Å². The monoisotopic (exact) mass is 462 g/mol. The van der Waals surface area contributed by atoms with E-state index in [0.29, 0.717) is 5.92 Å². The number of benzene rings is 3. The summed E-state index contributed by atoms with van der Waals surface area (Å²) in [4.78, 5) is 0. The summed E-state index contributed by atoms with van der Waals surface area (Å²) in [5.74, 6) is 0.619. The van der Waals surface area contributed by atoms with E-state index in [1.807, 2.05) is 0 Å². The van der Waals surface area contributed by atoms with Gasteiger partial charge in [0.2, 0.25) is 0 Å². The third kappa shape index (κ3) is 6.30. The van der Waals surface area contributed by atoms with Crippen LogP contribution in [0.5, 0.6) is 0 Å². The summed E-state index contributed by atoms with van der Waals surface area (Å²) >= 11 is 0. The quantitative estimate of drug-likeness (QED) is 0.265. The average molecular weight is 462 g/mol. The van der Waals surface area contributed by atoms with Gasteiger partial charge in [0.05, 0.1) is 30.2 Å². The number of hydrogen-bond acceptors (Lipinski definition) is 0. The molecule has 30 heavy (non-hydrogen) atoms. The number of halogens is 6. The molecule has 1 aliphatic heterocycles. The van der Waals surface area contributed by atoms with Crippen LogP contribution < -0.4 is 10.6 Å². The van der Waals surface area contributed by atoms with Crippen molar-refractivity contribution in [2.45, 2.75) is 19.0 Å². The predicted molar refractivity (Wildman–Crippen MR) is 116 cm³/mol. The topological polar surface area (TPSA) is 0 Å². The SMILES string of the molecule is CC1C[P+](c2ccccc2)(c2ccccc2)Cc2ccccc21.F[P-](F)(F)(F)(F)F. The normalized spacial score (nSPS) is 20.0. The van der Waals surface area contributed by atoms with Crippen LogP contribution in [0.1, 0.15) is 24.0 Å². The Morgan fingerprint density at radius 3 is 1.53 bits per heavy atom. The summed E-state index contributed by atoms with van der Waals surface area (Å²) in [6.45, 7) is 2.40. The molecule has 0 nitrogen and oxygen atoms in total. The van der Waals surface area contributed by atoms with Crippen molar-refractivity contribution in [2.24, 2.45) is 0 Å². The molecule has 4 rings (SSSR count). The Labute approximate surface area is 172 Å². The van der Waals surface area contributed by atoms with Gasteiger partial charge in [-0.15, -0.1) is 0 Å². The van der Waals surface area contributed by atoms with Crippen LogP contribution in [0.3, 0.4) is 0 Å². The summed E-state index contributed by atoms with van der Waals surface area (Å²) in [5.41, 5.74) is 3.10. The van der Waals surface area contributed by atoms with Crippen LogP contribution in [0, 0.1) is 0 Å². The molecule has 1 atom stereocenters. The fraction of sp³-hybridized carbons (Fsp3) is 0.182. The van der Waals surface area contributed by atoms with Crippen LogP contribution in [0.15, 0.2) is 84.9 Å². The summed E-state index contributed by atoms with van der Waals surface area (Å²) in [6, 6.07) is 31.5. The first kappa shape index (κ1) is 22.8. The van der Waals surface area contributed by atoms with Gasteiger partial charge in [-0.1, -0.05) is 67.6 Å². The van der Waals surface area contributed by atoms with E-state index >= 15 is 0 Å². The standard InChI is InChI=1S/C22H22P.F6P/c1-18-16-23(20-11-4-2-5-12-20,21-13-6-3-7-14-21)17-19-10-8-9-15-22(18)19;1-7(2,3,4,5)6/h2-15,18H,16-17H2,1H3;/q+1;-1. The number of hydrogen-bond donors (Lipinski definition) is 0. The first-order valence-electron chi connectivity index (χ1n) is 9.37. The molecule has 3 aromatic carbocycles. The van der Waals surface area contributed by atoms with Gasteiger partial charge in [-0.2, -0.15) is 0 Å². The Bertz CT molecular complexity index is 952. The van der Waals surface area contributed by atoms with Crippen molar-refractivity contribution in [3.8, 4) is 0 Å². The van der Waals surface area contributed by atoms with Crippen molar-refractivity contribution >= 4 is 25.7 Å². The number of rotatable bonds is 2. The van der Waals surface area contributed by atoms with E-state index in [2.05, 4.69) is 91.9 Å². The second-order valence-corrected chi connectivity index (χ2v) is 13.1. The van der Waals surface area contributed by atoms with Gasteiger partial charge >= 0.3 is 33.0 Å². The van der Waals surface area contributed by atoms with Crippen LogP contribution >= 0.6 is 15.1 Å². The van der Waals surface area contributed by atoms with Crippen LogP contribution in [0.25, 0.3) is 0 Å². The predicted octanol–water partition coefficient (Wildman–Crippen LogP) is 8.35. The third-order valence-corrected chi connectivity index (χ3v) is 9.74. The van der Waals surface area contributed by atoms with Crippen molar-refractivity contribution in [1.29, 1.82) is 0 Å². The molecule has 0 N–H and O–H groups in total. The minimum atomic E-state index is -10.7. The second-order valence-electron chi connectivity index (χ2n) is 7.54. The van der Waals surface area contributed by atoms with Crippen molar-refractivity contribution in [2.75, 3.05) is 6.16 Å². The molecular weight excluding hydrogens is 440 g/mol. The Balaban J connectivity index is 0.000000318. The van der Waals surface area contributed by atoms with Crippen LogP contribution in [0.4, 0.5) is 25.2 Å². The molecular formula is C22H22F6P2. The maximum absolute atomic E-state index is 10.7. The van der Waals surface area contributed by atoms with Crippen molar-refractivity contribution in [1.82, 2.24) is 0 Å². The second kappa shape index (κ2) is 7.35.